The van der Waals surface area contributed by atoms with Crippen LogP contribution in [0, 0.1) is 5.92 Å². The Morgan fingerprint density at radius 3 is 2.73 bits per heavy atom. The van der Waals surface area contributed by atoms with Crippen molar-refractivity contribution in [3.05, 3.63) is 17.0 Å². The van der Waals surface area contributed by atoms with Crippen LogP contribution in [-0.4, -0.2) is 59.4 Å². The third-order valence-electron chi connectivity index (χ3n) is 4.77. The Balaban J connectivity index is 1.64. The van der Waals surface area contributed by atoms with E-state index in [-0.39, 0.29) is 11.9 Å². The molecule has 0 unspecified atom stereocenters. The lowest BCUT2D eigenvalue weighted by molar-refractivity contribution is 0.0772. The van der Waals surface area contributed by atoms with Gasteiger partial charge in [0.2, 0.25) is 0 Å². The second kappa shape index (κ2) is 8.53. The van der Waals surface area contributed by atoms with Gasteiger partial charge in [-0.05, 0) is 18.8 Å². The zero-order valence-electron chi connectivity index (χ0n) is 15.7. The predicted octanol–water partition coefficient (Wildman–Crippen LogP) is 1.15. The van der Waals surface area contributed by atoms with Gasteiger partial charge in [0.25, 0.3) is 5.91 Å². The SMILES string of the molecule is CC(C)CNC(=O)NCCn1nc(C(=O)N2CCCC2)c2c1CCOC2. The summed E-state index contributed by atoms with van der Waals surface area (Å²) in [5.74, 6) is 0.420. The highest BCUT2D eigenvalue weighted by molar-refractivity contribution is 5.94. The smallest absolute Gasteiger partial charge is 0.314 e. The number of nitrogens with one attached hydrogen (secondary N) is 2. The van der Waals surface area contributed by atoms with Gasteiger partial charge in [0, 0.05) is 43.9 Å². The number of likely N-dealkylation sites (tertiary alicyclic amines) is 1. The van der Waals surface area contributed by atoms with E-state index in [1.165, 1.54) is 0 Å². The fraction of sp³-hybridized carbons (Fsp3) is 0.722. The van der Waals surface area contributed by atoms with Crippen molar-refractivity contribution in [3.63, 3.8) is 0 Å². The summed E-state index contributed by atoms with van der Waals surface area (Å²) in [5, 5.41) is 10.3. The molecule has 0 saturated carbocycles. The lowest BCUT2D eigenvalue weighted by atomic mass is 10.1. The first-order valence-corrected chi connectivity index (χ1v) is 9.53. The van der Waals surface area contributed by atoms with Crippen LogP contribution in [0.25, 0.3) is 0 Å². The Hall–Kier alpha value is -2.09. The lowest BCUT2D eigenvalue weighted by Gasteiger charge is -2.17. The van der Waals surface area contributed by atoms with Gasteiger partial charge in [0.15, 0.2) is 5.69 Å². The standard InChI is InChI=1S/C18H29N5O3/c1-13(2)11-20-18(25)19-6-9-23-15-5-10-26-12-14(15)16(21-23)17(24)22-7-3-4-8-22/h13H,3-12H2,1-2H3,(H2,19,20,25). The zero-order valence-corrected chi connectivity index (χ0v) is 15.7. The van der Waals surface area contributed by atoms with E-state index >= 15 is 0 Å². The molecule has 3 rings (SSSR count). The second-order valence-corrected chi connectivity index (χ2v) is 7.33. The topological polar surface area (TPSA) is 88.5 Å². The number of hydrogen-bond acceptors (Lipinski definition) is 4. The largest absolute Gasteiger partial charge is 0.376 e. The van der Waals surface area contributed by atoms with E-state index in [4.69, 9.17) is 4.74 Å². The molecule has 0 bridgehead atoms. The molecule has 26 heavy (non-hydrogen) atoms. The van der Waals surface area contributed by atoms with Gasteiger partial charge in [0.1, 0.15) is 0 Å². The maximum absolute atomic E-state index is 12.8. The minimum atomic E-state index is -0.170. The van der Waals surface area contributed by atoms with Crippen LogP contribution in [-0.2, 0) is 24.3 Å². The number of amides is 3. The minimum Gasteiger partial charge on any atom is -0.376 e. The molecular weight excluding hydrogens is 334 g/mol. The highest BCUT2D eigenvalue weighted by Gasteiger charge is 2.29. The predicted molar refractivity (Wildman–Crippen MR) is 97.0 cm³/mol. The van der Waals surface area contributed by atoms with Crippen molar-refractivity contribution in [3.8, 4) is 0 Å². The van der Waals surface area contributed by atoms with E-state index in [2.05, 4.69) is 29.6 Å². The first kappa shape index (κ1) is 18.7. The molecule has 0 aromatic carbocycles. The van der Waals surface area contributed by atoms with E-state index in [1.807, 2.05) is 9.58 Å². The van der Waals surface area contributed by atoms with Gasteiger partial charge in [0.05, 0.1) is 19.8 Å². The molecule has 0 atom stereocenters. The van der Waals surface area contributed by atoms with Crippen LogP contribution in [0.1, 0.15) is 48.4 Å². The molecule has 144 valence electrons. The van der Waals surface area contributed by atoms with Crippen LogP contribution < -0.4 is 10.6 Å². The Morgan fingerprint density at radius 2 is 2.00 bits per heavy atom. The van der Waals surface area contributed by atoms with Crippen molar-refractivity contribution in [1.82, 2.24) is 25.3 Å². The fourth-order valence-electron chi connectivity index (χ4n) is 3.37. The summed E-state index contributed by atoms with van der Waals surface area (Å²) in [6.45, 7) is 8.45. The van der Waals surface area contributed by atoms with Crippen molar-refractivity contribution < 1.29 is 14.3 Å². The molecule has 0 aliphatic carbocycles. The molecule has 1 fully saturated rings. The molecule has 1 saturated heterocycles. The molecule has 3 heterocycles. The highest BCUT2D eigenvalue weighted by Crippen LogP contribution is 2.23. The Labute approximate surface area is 154 Å². The number of fused-ring (bicyclic) bond motifs is 1. The molecule has 1 aromatic heterocycles. The molecule has 2 aliphatic rings. The van der Waals surface area contributed by atoms with E-state index in [9.17, 15) is 9.59 Å². The molecule has 2 aliphatic heterocycles. The Bertz CT molecular complexity index is 649. The maximum Gasteiger partial charge on any atom is 0.314 e. The van der Waals surface area contributed by atoms with Gasteiger partial charge >= 0.3 is 6.03 Å². The first-order valence-electron chi connectivity index (χ1n) is 9.53. The van der Waals surface area contributed by atoms with Crippen LogP contribution in [0.3, 0.4) is 0 Å². The van der Waals surface area contributed by atoms with Crippen molar-refractivity contribution >= 4 is 11.9 Å². The molecular formula is C18H29N5O3. The first-order chi connectivity index (χ1) is 12.6. The van der Waals surface area contributed by atoms with Crippen molar-refractivity contribution in [2.45, 2.75) is 46.3 Å². The van der Waals surface area contributed by atoms with Crippen LogP contribution in [0.4, 0.5) is 4.79 Å². The van der Waals surface area contributed by atoms with Gasteiger partial charge in [-0.1, -0.05) is 13.8 Å². The summed E-state index contributed by atoms with van der Waals surface area (Å²) in [7, 11) is 0. The average molecular weight is 363 g/mol. The molecule has 2 N–H and O–H groups in total. The Kier molecular flexibility index (Phi) is 6.13. The van der Waals surface area contributed by atoms with E-state index < -0.39 is 0 Å². The normalized spacial score (nSPS) is 16.7. The molecule has 8 heteroatoms. The Morgan fingerprint density at radius 1 is 1.23 bits per heavy atom. The second-order valence-electron chi connectivity index (χ2n) is 7.33. The number of aromatic nitrogens is 2. The van der Waals surface area contributed by atoms with E-state index in [0.29, 0.717) is 44.5 Å². The highest BCUT2D eigenvalue weighted by atomic mass is 16.5. The van der Waals surface area contributed by atoms with Gasteiger partial charge in [-0.15, -0.1) is 0 Å². The number of ether oxygens (including phenoxy) is 1. The number of nitrogens with zero attached hydrogens (tertiary/aromatic N) is 3. The van der Waals surface area contributed by atoms with E-state index in [1.54, 1.807) is 0 Å². The summed E-state index contributed by atoms with van der Waals surface area (Å²) in [4.78, 5) is 26.4. The van der Waals surface area contributed by atoms with Gasteiger partial charge in [-0.2, -0.15) is 5.10 Å². The van der Waals surface area contributed by atoms with Crippen LogP contribution in [0.2, 0.25) is 0 Å². The third-order valence-corrected chi connectivity index (χ3v) is 4.77. The number of hydrogen-bond donors (Lipinski definition) is 2. The zero-order chi connectivity index (χ0) is 18.5. The summed E-state index contributed by atoms with van der Waals surface area (Å²) in [6.07, 6.45) is 2.86. The van der Waals surface area contributed by atoms with Crippen LogP contribution >= 0.6 is 0 Å². The number of carbonyl (C=O) groups excluding carboxylic acids is 2. The summed E-state index contributed by atoms with van der Waals surface area (Å²) >= 11 is 0. The quantitative estimate of drug-likeness (QED) is 0.793. The van der Waals surface area contributed by atoms with Crippen LogP contribution in [0.15, 0.2) is 0 Å². The molecule has 0 radical (unpaired) electrons. The summed E-state index contributed by atoms with van der Waals surface area (Å²) < 4.78 is 7.42. The average Bonchev–Trinajstić information content (AvgIpc) is 3.28. The van der Waals surface area contributed by atoms with Crippen LogP contribution in [0.5, 0.6) is 0 Å². The van der Waals surface area contributed by atoms with E-state index in [0.717, 1.165) is 43.6 Å². The molecule has 0 spiro atoms. The van der Waals surface area contributed by atoms with Crippen molar-refractivity contribution in [2.75, 3.05) is 32.8 Å². The molecule has 3 amide bonds. The molecule has 1 aromatic rings. The van der Waals surface area contributed by atoms with Gasteiger partial charge in [-0.3, -0.25) is 9.48 Å². The monoisotopic (exact) mass is 363 g/mol. The summed E-state index contributed by atoms with van der Waals surface area (Å²) in [5.41, 5.74) is 2.49. The van der Waals surface area contributed by atoms with Gasteiger partial charge in [-0.25, -0.2) is 4.79 Å². The summed E-state index contributed by atoms with van der Waals surface area (Å²) in [6, 6.07) is -0.170. The number of carbonyl (C=O) groups is 2. The van der Waals surface area contributed by atoms with Gasteiger partial charge < -0.3 is 20.3 Å². The molecule has 8 nitrogen and oxygen atoms in total. The lowest BCUT2D eigenvalue weighted by Crippen LogP contribution is -2.39. The minimum absolute atomic E-state index is 0.00522. The fourth-order valence-corrected chi connectivity index (χ4v) is 3.37. The number of rotatable bonds is 6. The third kappa shape index (κ3) is 4.35. The van der Waals surface area contributed by atoms with Crippen molar-refractivity contribution in [2.24, 2.45) is 5.92 Å². The maximum atomic E-state index is 12.8. The van der Waals surface area contributed by atoms with Crippen molar-refractivity contribution in [1.29, 1.82) is 0 Å². The number of urea groups is 1.